The third kappa shape index (κ3) is 3.53. The highest BCUT2D eigenvalue weighted by Gasteiger charge is 2.61. The predicted octanol–water partition coefficient (Wildman–Crippen LogP) is 5.78. The standard InChI is InChI=1S/C30H36N2O2/c1-6-28(31(2)3)30(23-13-9-7-10-14-23,24-15-11-8-12-16-24)29(32(4)5)21-26(34)20-22-19-25(33)17-18-27(22)29/h7-20,28,33-34H,6,21H2,1-5H3. The van der Waals surface area contributed by atoms with Crippen LogP contribution in [0.5, 0.6) is 5.75 Å². The van der Waals surface area contributed by atoms with Crippen molar-refractivity contribution < 1.29 is 10.2 Å². The van der Waals surface area contributed by atoms with Gasteiger partial charge in [-0.1, -0.05) is 73.7 Å². The Balaban J connectivity index is 2.25. The molecule has 1 aliphatic carbocycles. The van der Waals surface area contributed by atoms with Gasteiger partial charge < -0.3 is 15.1 Å². The number of rotatable bonds is 7. The van der Waals surface area contributed by atoms with Crippen LogP contribution in [0.4, 0.5) is 0 Å². The molecule has 0 bridgehead atoms. The number of aliphatic hydroxyl groups is 1. The van der Waals surface area contributed by atoms with E-state index in [0.29, 0.717) is 12.2 Å². The van der Waals surface area contributed by atoms with Gasteiger partial charge in [0.1, 0.15) is 5.75 Å². The van der Waals surface area contributed by atoms with Crippen molar-refractivity contribution in [2.75, 3.05) is 28.2 Å². The van der Waals surface area contributed by atoms with Crippen LogP contribution in [0.25, 0.3) is 6.08 Å². The Labute approximate surface area is 203 Å². The largest absolute Gasteiger partial charge is 0.512 e. The first kappa shape index (κ1) is 24.1. The maximum absolute atomic E-state index is 11.2. The van der Waals surface area contributed by atoms with E-state index in [2.05, 4.69) is 106 Å². The van der Waals surface area contributed by atoms with Gasteiger partial charge in [-0.25, -0.2) is 0 Å². The molecule has 4 nitrogen and oxygen atoms in total. The molecule has 0 radical (unpaired) electrons. The summed E-state index contributed by atoms with van der Waals surface area (Å²) in [6.07, 6.45) is 3.16. The van der Waals surface area contributed by atoms with Crippen LogP contribution in [-0.2, 0) is 11.0 Å². The maximum Gasteiger partial charge on any atom is 0.116 e. The second-order valence-electron chi connectivity index (χ2n) is 9.77. The second kappa shape index (κ2) is 9.28. The molecule has 0 aromatic heterocycles. The van der Waals surface area contributed by atoms with Crippen molar-refractivity contribution in [3.05, 3.63) is 107 Å². The van der Waals surface area contributed by atoms with Crippen molar-refractivity contribution in [2.45, 2.75) is 36.8 Å². The number of aromatic hydroxyl groups is 1. The molecule has 0 amide bonds. The fourth-order valence-electron chi connectivity index (χ4n) is 6.50. The van der Waals surface area contributed by atoms with E-state index in [-0.39, 0.29) is 11.8 Å². The maximum atomic E-state index is 11.2. The minimum absolute atomic E-state index is 0.104. The molecule has 4 rings (SSSR count). The summed E-state index contributed by atoms with van der Waals surface area (Å²) in [6, 6.07) is 27.1. The fraction of sp³-hybridized carbons (Fsp3) is 0.333. The van der Waals surface area contributed by atoms with Gasteiger partial charge >= 0.3 is 0 Å². The number of nitrogens with zero attached hydrogens (tertiary/aromatic N) is 2. The van der Waals surface area contributed by atoms with E-state index in [4.69, 9.17) is 0 Å². The van der Waals surface area contributed by atoms with Gasteiger partial charge in [-0.3, -0.25) is 4.90 Å². The van der Waals surface area contributed by atoms with Crippen LogP contribution in [0.3, 0.4) is 0 Å². The first-order valence-corrected chi connectivity index (χ1v) is 12.0. The molecule has 178 valence electrons. The zero-order valence-electron chi connectivity index (χ0n) is 20.9. The first-order chi connectivity index (χ1) is 16.3. The topological polar surface area (TPSA) is 46.9 Å². The van der Waals surface area contributed by atoms with Crippen molar-refractivity contribution >= 4 is 6.08 Å². The van der Waals surface area contributed by atoms with Crippen LogP contribution in [-0.4, -0.2) is 54.2 Å². The van der Waals surface area contributed by atoms with Crippen LogP contribution < -0.4 is 0 Å². The molecule has 0 spiro atoms. The number of aliphatic hydroxyl groups excluding tert-OH is 1. The highest BCUT2D eigenvalue weighted by Crippen LogP contribution is 2.59. The van der Waals surface area contributed by atoms with Crippen molar-refractivity contribution in [1.29, 1.82) is 0 Å². The summed E-state index contributed by atoms with van der Waals surface area (Å²) >= 11 is 0. The molecule has 2 atom stereocenters. The third-order valence-corrected chi connectivity index (χ3v) is 7.62. The molecule has 0 aliphatic heterocycles. The van der Waals surface area contributed by atoms with Crippen LogP contribution in [0.2, 0.25) is 0 Å². The predicted molar refractivity (Wildman–Crippen MR) is 140 cm³/mol. The summed E-state index contributed by atoms with van der Waals surface area (Å²) in [5, 5.41) is 21.6. The average Bonchev–Trinajstić information content (AvgIpc) is 2.82. The highest BCUT2D eigenvalue weighted by molar-refractivity contribution is 5.66. The summed E-state index contributed by atoms with van der Waals surface area (Å²) in [5.41, 5.74) is 3.16. The SMILES string of the molecule is CCC(N(C)C)C(c1ccccc1)(c1ccccc1)C1(N(C)C)CC(O)=Cc2cc(O)ccc21. The van der Waals surface area contributed by atoms with Crippen molar-refractivity contribution in [2.24, 2.45) is 0 Å². The lowest BCUT2D eigenvalue weighted by molar-refractivity contribution is 0.00511. The molecule has 2 unspecified atom stereocenters. The number of fused-ring (bicyclic) bond motifs is 1. The molecule has 1 aliphatic rings. The van der Waals surface area contributed by atoms with Crippen LogP contribution in [0.15, 0.2) is 84.6 Å². The zero-order valence-corrected chi connectivity index (χ0v) is 20.9. The van der Waals surface area contributed by atoms with Gasteiger partial charge in [0, 0.05) is 12.5 Å². The monoisotopic (exact) mass is 456 g/mol. The van der Waals surface area contributed by atoms with E-state index >= 15 is 0 Å². The lowest BCUT2D eigenvalue weighted by atomic mass is 9.51. The lowest BCUT2D eigenvalue weighted by Crippen LogP contribution is -2.66. The minimum Gasteiger partial charge on any atom is -0.512 e. The Kier molecular flexibility index (Phi) is 6.57. The smallest absolute Gasteiger partial charge is 0.116 e. The van der Waals surface area contributed by atoms with Gasteiger partial charge in [0.15, 0.2) is 0 Å². The van der Waals surface area contributed by atoms with E-state index in [9.17, 15) is 10.2 Å². The van der Waals surface area contributed by atoms with Gasteiger partial charge in [0.2, 0.25) is 0 Å². The molecule has 34 heavy (non-hydrogen) atoms. The number of hydrogen-bond acceptors (Lipinski definition) is 4. The Morgan fingerprint density at radius 3 is 1.88 bits per heavy atom. The quantitative estimate of drug-likeness (QED) is 0.473. The van der Waals surface area contributed by atoms with Gasteiger partial charge in [-0.15, -0.1) is 0 Å². The van der Waals surface area contributed by atoms with E-state index < -0.39 is 11.0 Å². The minimum atomic E-state index is -0.636. The fourth-order valence-corrected chi connectivity index (χ4v) is 6.50. The molecule has 0 heterocycles. The number of phenolic OH excluding ortho intramolecular Hbond substituents is 1. The molecule has 3 aromatic rings. The van der Waals surface area contributed by atoms with Gasteiger partial charge in [0.05, 0.1) is 16.7 Å². The number of phenols is 1. The Morgan fingerprint density at radius 1 is 0.853 bits per heavy atom. The summed E-state index contributed by atoms with van der Waals surface area (Å²) in [5.74, 6) is 0.513. The molecule has 3 aromatic carbocycles. The second-order valence-corrected chi connectivity index (χ2v) is 9.77. The average molecular weight is 457 g/mol. The number of likely N-dealkylation sites (N-methyl/N-ethyl adjacent to an activating group) is 2. The molecular formula is C30H36N2O2. The van der Waals surface area contributed by atoms with Crippen LogP contribution in [0, 0.1) is 0 Å². The number of benzene rings is 3. The lowest BCUT2D eigenvalue weighted by Gasteiger charge is -2.61. The van der Waals surface area contributed by atoms with Crippen molar-refractivity contribution in [3.63, 3.8) is 0 Å². The molecule has 4 heteroatoms. The Bertz CT molecular complexity index is 1120. The normalized spacial score (nSPS) is 19.1. The van der Waals surface area contributed by atoms with E-state index in [1.165, 1.54) is 11.1 Å². The third-order valence-electron chi connectivity index (χ3n) is 7.62. The Hall–Kier alpha value is -3.08. The van der Waals surface area contributed by atoms with E-state index in [1.54, 1.807) is 18.2 Å². The first-order valence-electron chi connectivity index (χ1n) is 12.0. The summed E-state index contributed by atoms with van der Waals surface area (Å²) in [7, 11) is 8.51. The summed E-state index contributed by atoms with van der Waals surface area (Å²) < 4.78 is 0. The van der Waals surface area contributed by atoms with E-state index in [0.717, 1.165) is 17.5 Å². The van der Waals surface area contributed by atoms with Crippen LogP contribution in [0.1, 0.15) is 42.0 Å². The summed E-state index contributed by atoms with van der Waals surface area (Å²) in [4.78, 5) is 4.60. The van der Waals surface area contributed by atoms with Crippen molar-refractivity contribution in [1.82, 2.24) is 9.80 Å². The molecule has 0 saturated carbocycles. The molecule has 2 N–H and O–H groups in total. The van der Waals surface area contributed by atoms with Gasteiger partial charge in [-0.2, -0.15) is 0 Å². The van der Waals surface area contributed by atoms with E-state index in [1.807, 2.05) is 6.07 Å². The summed E-state index contributed by atoms with van der Waals surface area (Å²) in [6.45, 7) is 2.24. The highest BCUT2D eigenvalue weighted by atomic mass is 16.3. The number of hydrogen-bond donors (Lipinski definition) is 2. The molecule has 0 saturated heterocycles. The van der Waals surface area contributed by atoms with Gasteiger partial charge in [-0.05, 0) is 75.1 Å². The molecular weight excluding hydrogens is 420 g/mol. The Morgan fingerprint density at radius 2 is 1.41 bits per heavy atom. The van der Waals surface area contributed by atoms with Crippen molar-refractivity contribution in [3.8, 4) is 5.75 Å². The van der Waals surface area contributed by atoms with Crippen LogP contribution >= 0.6 is 0 Å². The zero-order chi connectivity index (χ0) is 24.5. The van der Waals surface area contributed by atoms with Gasteiger partial charge in [0.25, 0.3) is 0 Å². The molecule has 0 fully saturated rings.